The molecule has 0 unspecified atom stereocenters. The van der Waals surface area contributed by atoms with E-state index in [1.807, 2.05) is 0 Å². The summed E-state index contributed by atoms with van der Waals surface area (Å²) in [4.78, 5) is 23.2. The molecule has 0 amide bonds. The molecule has 0 aliphatic heterocycles. The number of aliphatic hydroxyl groups is 2. The molecule has 130 valence electrons. The van der Waals surface area contributed by atoms with E-state index in [1.165, 1.54) is 12.1 Å². The Balaban J connectivity index is 2.77. The van der Waals surface area contributed by atoms with Crippen LogP contribution in [0.4, 0.5) is 0 Å². The highest BCUT2D eigenvalue weighted by atomic mass is 16.5. The summed E-state index contributed by atoms with van der Waals surface area (Å²) in [7, 11) is 0. The summed E-state index contributed by atoms with van der Waals surface area (Å²) in [6, 6.07) is 6.10. The molecule has 1 aromatic carbocycles. The predicted octanol–water partition coefficient (Wildman–Crippen LogP) is 0.659. The van der Waals surface area contributed by atoms with E-state index in [1.54, 1.807) is 12.1 Å². The summed E-state index contributed by atoms with van der Waals surface area (Å²) >= 11 is 0. The summed E-state index contributed by atoms with van der Waals surface area (Å²) in [5.41, 5.74) is 0.479. The number of rotatable bonds is 9. The number of aliphatic hydroxyl groups excluding tert-OH is 2. The molecule has 0 spiro atoms. The van der Waals surface area contributed by atoms with Crippen LogP contribution in [0.3, 0.4) is 0 Å². The molecule has 0 aromatic heterocycles. The summed E-state index contributed by atoms with van der Waals surface area (Å²) in [5.74, 6) is -1.95. The Labute approximate surface area is 139 Å². The second-order valence-corrected chi connectivity index (χ2v) is 5.01. The third-order valence-electron chi connectivity index (χ3n) is 3.15. The molecule has 3 N–H and O–H groups in total. The van der Waals surface area contributed by atoms with Crippen molar-refractivity contribution in [2.75, 3.05) is 26.4 Å². The van der Waals surface area contributed by atoms with Crippen molar-refractivity contribution in [3.63, 3.8) is 0 Å². The number of esters is 2. The average molecular weight is 336 g/mol. The highest BCUT2D eigenvalue weighted by Crippen LogP contribution is 2.20. The molecule has 7 nitrogen and oxygen atoms in total. The van der Waals surface area contributed by atoms with E-state index in [0.717, 1.165) is 0 Å². The molecule has 7 heteroatoms. The van der Waals surface area contributed by atoms with Crippen molar-refractivity contribution in [1.29, 1.82) is 0 Å². The fourth-order valence-electron chi connectivity index (χ4n) is 1.67. The Bertz CT molecular complexity index is 572. The van der Waals surface area contributed by atoms with Gasteiger partial charge in [-0.25, -0.2) is 9.59 Å². The molecule has 0 atom stereocenters. The van der Waals surface area contributed by atoms with Crippen LogP contribution in [0.2, 0.25) is 0 Å². The summed E-state index contributed by atoms with van der Waals surface area (Å²) < 4.78 is 10.1. The van der Waals surface area contributed by atoms with Crippen molar-refractivity contribution in [3.8, 4) is 5.75 Å². The lowest BCUT2D eigenvalue weighted by Crippen LogP contribution is -2.21. The Morgan fingerprint density at radius 2 is 1.33 bits per heavy atom. The SMILES string of the molecule is C=C(CO)C(=O)OCC(COC(=O)C(=C)CO)c1ccc(O)cc1. The number of phenolic OH excluding ortho intramolecular Hbond substituents is 1. The van der Waals surface area contributed by atoms with Crippen molar-refractivity contribution < 1.29 is 34.4 Å². The maximum Gasteiger partial charge on any atom is 0.335 e. The number of benzene rings is 1. The Hall–Kier alpha value is -2.64. The third kappa shape index (κ3) is 5.86. The molecule has 0 fully saturated rings. The fraction of sp³-hybridized carbons (Fsp3) is 0.294. The van der Waals surface area contributed by atoms with Gasteiger partial charge in [0, 0.05) is 0 Å². The number of carbonyl (C=O) groups excluding carboxylic acids is 2. The van der Waals surface area contributed by atoms with E-state index >= 15 is 0 Å². The van der Waals surface area contributed by atoms with Gasteiger partial charge >= 0.3 is 11.9 Å². The smallest absolute Gasteiger partial charge is 0.335 e. The lowest BCUT2D eigenvalue weighted by atomic mass is 10.0. The molecule has 0 heterocycles. The number of carbonyl (C=O) groups is 2. The molecular weight excluding hydrogens is 316 g/mol. The van der Waals surface area contributed by atoms with E-state index in [-0.39, 0.29) is 30.1 Å². The first-order valence-corrected chi connectivity index (χ1v) is 7.09. The fourth-order valence-corrected chi connectivity index (χ4v) is 1.67. The van der Waals surface area contributed by atoms with Gasteiger partial charge in [-0.2, -0.15) is 0 Å². The molecule has 0 bridgehead atoms. The van der Waals surface area contributed by atoms with Gasteiger partial charge in [-0.15, -0.1) is 0 Å². The van der Waals surface area contributed by atoms with Crippen molar-refractivity contribution >= 4 is 11.9 Å². The topological polar surface area (TPSA) is 113 Å². The second kappa shape index (κ2) is 9.49. The minimum absolute atomic E-state index is 0.0637. The van der Waals surface area contributed by atoms with Crippen molar-refractivity contribution in [2.45, 2.75) is 5.92 Å². The molecule has 0 aliphatic carbocycles. The van der Waals surface area contributed by atoms with Gasteiger partial charge in [-0.05, 0) is 17.7 Å². The molecule has 0 saturated heterocycles. The summed E-state index contributed by atoms with van der Waals surface area (Å²) in [6.07, 6.45) is 0. The van der Waals surface area contributed by atoms with Crippen LogP contribution in [0.5, 0.6) is 5.75 Å². The van der Waals surface area contributed by atoms with E-state index in [2.05, 4.69) is 13.2 Å². The maximum absolute atomic E-state index is 11.6. The van der Waals surface area contributed by atoms with Gasteiger partial charge in [-0.3, -0.25) is 0 Å². The van der Waals surface area contributed by atoms with Gasteiger partial charge in [0.1, 0.15) is 19.0 Å². The zero-order valence-electron chi connectivity index (χ0n) is 13.1. The molecular formula is C17H20O7. The first-order valence-electron chi connectivity index (χ1n) is 7.09. The standard InChI is InChI=1S/C17H20O7/c1-11(7-18)16(21)23-9-14(10-24-17(22)12(2)8-19)13-3-5-15(20)6-4-13/h3-6,14,18-20H,1-2,7-10H2. The van der Waals surface area contributed by atoms with Crippen molar-refractivity contribution in [2.24, 2.45) is 0 Å². The van der Waals surface area contributed by atoms with Crippen LogP contribution in [-0.2, 0) is 19.1 Å². The largest absolute Gasteiger partial charge is 0.508 e. The molecule has 1 aromatic rings. The van der Waals surface area contributed by atoms with E-state index < -0.39 is 31.1 Å². The Morgan fingerprint density at radius 1 is 0.917 bits per heavy atom. The van der Waals surface area contributed by atoms with Crippen LogP contribution in [0.25, 0.3) is 0 Å². The normalized spacial score (nSPS) is 10.3. The summed E-state index contributed by atoms with van der Waals surface area (Å²) in [6.45, 7) is 5.44. The first kappa shape index (κ1) is 19.4. The van der Waals surface area contributed by atoms with Crippen LogP contribution in [0.15, 0.2) is 48.6 Å². The molecule has 24 heavy (non-hydrogen) atoms. The zero-order valence-corrected chi connectivity index (χ0v) is 13.1. The van der Waals surface area contributed by atoms with E-state index in [4.69, 9.17) is 19.7 Å². The van der Waals surface area contributed by atoms with Gasteiger partial charge in [0.05, 0.1) is 30.3 Å². The Morgan fingerprint density at radius 3 is 1.71 bits per heavy atom. The third-order valence-corrected chi connectivity index (χ3v) is 3.15. The molecule has 0 aliphatic rings. The van der Waals surface area contributed by atoms with Crippen LogP contribution in [-0.4, -0.2) is 53.7 Å². The zero-order chi connectivity index (χ0) is 18.1. The lowest BCUT2D eigenvalue weighted by Gasteiger charge is -2.18. The monoisotopic (exact) mass is 336 g/mol. The summed E-state index contributed by atoms with van der Waals surface area (Å²) in [5, 5.41) is 27.0. The van der Waals surface area contributed by atoms with Gasteiger partial charge < -0.3 is 24.8 Å². The van der Waals surface area contributed by atoms with Crippen LogP contribution >= 0.6 is 0 Å². The highest BCUT2D eigenvalue weighted by molar-refractivity contribution is 5.88. The van der Waals surface area contributed by atoms with Crippen LogP contribution in [0, 0.1) is 0 Å². The van der Waals surface area contributed by atoms with E-state index in [0.29, 0.717) is 5.56 Å². The quantitative estimate of drug-likeness (QED) is 0.448. The molecule has 1 rings (SSSR count). The second-order valence-electron chi connectivity index (χ2n) is 5.01. The van der Waals surface area contributed by atoms with Gasteiger partial charge in [0.2, 0.25) is 0 Å². The lowest BCUT2D eigenvalue weighted by molar-refractivity contribution is -0.142. The minimum Gasteiger partial charge on any atom is -0.508 e. The van der Waals surface area contributed by atoms with Crippen LogP contribution < -0.4 is 0 Å². The highest BCUT2D eigenvalue weighted by Gasteiger charge is 2.19. The van der Waals surface area contributed by atoms with Gasteiger partial charge in [0.15, 0.2) is 0 Å². The number of aromatic hydroxyl groups is 1. The van der Waals surface area contributed by atoms with Crippen molar-refractivity contribution in [3.05, 3.63) is 54.1 Å². The predicted molar refractivity (Wildman–Crippen MR) is 85.2 cm³/mol. The molecule has 0 radical (unpaired) electrons. The number of phenols is 1. The van der Waals surface area contributed by atoms with Gasteiger partial charge in [-0.1, -0.05) is 25.3 Å². The van der Waals surface area contributed by atoms with E-state index in [9.17, 15) is 14.7 Å². The number of ether oxygens (including phenoxy) is 2. The Kier molecular flexibility index (Phi) is 7.67. The maximum atomic E-state index is 11.6. The minimum atomic E-state index is -0.757. The van der Waals surface area contributed by atoms with Crippen LogP contribution in [0.1, 0.15) is 11.5 Å². The first-order chi connectivity index (χ1) is 11.4. The number of hydrogen-bond acceptors (Lipinski definition) is 7. The van der Waals surface area contributed by atoms with Gasteiger partial charge in [0.25, 0.3) is 0 Å². The molecule has 0 saturated carbocycles. The number of hydrogen-bond donors (Lipinski definition) is 3. The van der Waals surface area contributed by atoms with Crippen molar-refractivity contribution in [1.82, 2.24) is 0 Å². The average Bonchev–Trinajstić information content (AvgIpc) is 2.60.